The molecule has 3 rings (SSSR count). The van der Waals surface area contributed by atoms with E-state index in [0.717, 1.165) is 0 Å². The summed E-state index contributed by atoms with van der Waals surface area (Å²) < 4.78 is 26.7. The molecule has 0 saturated carbocycles. The third kappa shape index (κ3) is 4.65. The molecule has 1 fully saturated rings. The lowest BCUT2D eigenvalue weighted by Crippen LogP contribution is -2.31. The van der Waals surface area contributed by atoms with E-state index in [9.17, 15) is 14.7 Å². The first-order valence-corrected chi connectivity index (χ1v) is 10.6. The number of rotatable bonds is 10. The monoisotopic (exact) mass is 471 g/mol. The van der Waals surface area contributed by atoms with Crippen LogP contribution in [0.1, 0.15) is 23.6 Å². The van der Waals surface area contributed by atoms with Gasteiger partial charge in [0.15, 0.2) is 11.5 Å². The molecule has 34 heavy (non-hydrogen) atoms. The third-order valence-corrected chi connectivity index (χ3v) is 5.63. The molecule has 182 valence electrons. The fourth-order valence-corrected chi connectivity index (χ4v) is 4.02. The van der Waals surface area contributed by atoms with Crippen molar-refractivity contribution in [1.29, 1.82) is 0 Å². The van der Waals surface area contributed by atoms with Crippen molar-refractivity contribution < 1.29 is 38.4 Å². The molecule has 2 aromatic rings. The normalized spacial score (nSPS) is 17.1. The first kappa shape index (κ1) is 24.9. The summed E-state index contributed by atoms with van der Waals surface area (Å²) in [6.45, 7) is 0.648. The average Bonchev–Trinajstić information content (AvgIpc) is 3.12. The molecule has 1 N–H and O–H groups in total. The van der Waals surface area contributed by atoms with Gasteiger partial charge >= 0.3 is 0 Å². The Hall–Kier alpha value is -3.72. The molecule has 1 saturated heterocycles. The smallest absolute Gasteiger partial charge is 0.295 e. The van der Waals surface area contributed by atoms with E-state index >= 15 is 0 Å². The summed E-state index contributed by atoms with van der Waals surface area (Å²) >= 11 is 0. The van der Waals surface area contributed by atoms with Crippen LogP contribution < -0.4 is 18.9 Å². The number of hydrogen-bond acceptors (Lipinski definition) is 8. The molecular weight excluding hydrogens is 442 g/mol. The SMILES string of the molecule is COCCCN1C(=O)C(=O)/C(=C(/O)c2cccc(OC)c2)C1c1cc(OC)c(OC)c(OC)c1. The molecule has 0 radical (unpaired) electrons. The van der Waals surface area contributed by atoms with Crippen LogP contribution in [0.3, 0.4) is 0 Å². The zero-order chi connectivity index (χ0) is 24.8. The van der Waals surface area contributed by atoms with Gasteiger partial charge in [0.2, 0.25) is 5.75 Å². The van der Waals surface area contributed by atoms with Gasteiger partial charge < -0.3 is 33.7 Å². The largest absolute Gasteiger partial charge is 0.507 e. The zero-order valence-corrected chi connectivity index (χ0v) is 19.9. The van der Waals surface area contributed by atoms with E-state index in [4.69, 9.17) is 23.7 Å². The Kier molecular flexibility index (Phi) is 8.01. The number of amides is 1. The highest BCUT2D eigenvalue weighted by molar-refractivity contribution is 6.46. The number of hydrogen-bond donors (Lipinski definition) is 1. The van der Waals surface area contributed by atoms with Crippen LogP contribution in [0.25, 0.3) is 5.76 Å². The quantitative estimate of drug-likeness (QED) is 0.244. The van der Waals surface area contributed by atoms with Gasteiger partial charge in [-0.15, -0.1) is 0 Å². The summed E-state index contributed by atoms with van der Waals surface area (Å²) in [6, 6.07) is 9.10. The number of ketones is 1. The first-order valence-electron chi connectivity index (χ1n) is 10.6. The molecule has 1 unspecified atom stereocenters. The highest BCUT2D eigenvalue weighted by Gasteiger charge is 2.46. The molecule has 0 spiro atoms. The van der Waals surface area contributed by atoms with Crippen LogP contribution in [0.5, 0.6) is 23.0 Å². The van der Waals surface area contributed by atoms with Gasteiger partial charge in [-0.1, -0.05) is 12.1 Å². The predicted molar refractivity (Wildman–Crippen MR) is 125 cm³/mol. The Bertz CT molecular complexity index is 1070. The lowest BCUT2D eigenvalue weighted by Gasteiger charge is -2.26. The van der Waals surface area contributed by atoms with Crippen LogP contribution in [0, 0.1) is 0 Å². The molecule has 2 aromatic carbocycles. The molecule has 1 atom stereocenters. The van der Waals surface area contributed by atoms with Crippen LogP contribution in [-0.4, -0.2) is 70.4 Å². The van der Waals surface area contributed by atoms with Gasteiger partial charge in [-0.25, -0.2) is 0 Å². The number of Topliss-reactive ketones (excluding diaryl/α,β-unsaturated/α-hetero) is 1. The number of methoxy groups -OCH3 is 5. The average molecular weight is 472 g/mol. The number of aliphatic hydroxyl groups is 1. The number of nitrogens with zero attached hydrogens (tertiary/aromatic N) is 1. The molecular formula is C25H29NO8. The highest BCUT2D eigenvalue weighted by Crippen LogP contribution is 2.45. The van der Waals surface area contributed by atoms with E-state index < -0.39 is 17.7 Å². The molecule has 9 nitrogen and oxygen atoms in total. The predicted octanol–water partition coefficient (Wildman–Crippen LogP) is 3.18. The topological polar surface area (TPSA) is 104 Å². The number of ether oxygens (including phenoxy) is 5. The summed E-state index contributed by atoms with van der Waals surface area (Å²) in [6.07, 6.45) is 0.504. The molecule has 1 heterocycles. The standard InChI is InChI=1S/C25H29NO8/c1-30-11-7-10-26-21(16-13-18(32-3)24(34-5)19(14-16)33-4)20(23(28)25(26)29)22(27)15-8-6-9-17(12-15)31-2/h6,8-9,12-14,21,27H,7,10-11H2,1-5H3/b22-20+. The number of likely N-dealkylation sites (tertiary alicyclic amines) is 1. The van der Waals surface area contributed by atoms with Crippen molar-refractivity contribution in [3.63, 3.8) is 0 Å². The Morgan fingerprint density at radius 1 is 0.941 bits per heavy atom. The molecule has 0 aromatic heterocycles. The maximum absolute atomic E-state index is 13.2. The van der Waals surface area contributed by atoms with Crippen LogP contribution in [0.2, 0.25) is 0 Å². The lowest BCUT2D eigenvalue weighted by atomic mass is 9.94. The minimum atomic E-state index is -0.878. The number of carbonyl (C=O) groups excluding carboxylic acids is 2. The van der Waals surface area contributed by atoms with E-state index in [1.165, 1.54) is 33.3 Å². The number of benzene rings is 2. The summed E-state index contributed by atoms with van der Waals surface area (Å²) in [7, 11) is 7.51. The zero-order valence-electron chi connectivity index (χ0n) is 19.9. The Balaban J connectivity index is 2.24. The Morgan fingerprint density at radius 3 is 2.18 bits per heavy atom. The van der Waals surface area contributed by atoms with Gasteiger partial charge in [0.1, 0.15) is 11.5 Å². The van der Waals surface area contributed by atoms with Gasteiger partial charge in [0.05, 0.1) is 40.1 Å². The van der Waals surface area contributed by atoms with Crippen LogP contribution >= 0.6 is 0 Å². The van der Waals surface area contributed by atoms with Crippen molar-refractivity contribution in [2.24, 2.45) is 0 Å². The van der Waals surface area contributed by atoms with Gasteiger partial charge in [-0.3, -0.25) is 9.59 Å². The van der Waals surface area contributed by atoms with Gasteiger partial charge in [-0.05, 0) is 36.2 Å². The minimum Gasteiger partial charge on any atom is -0.507 e. The fourth-order valence-electron chi connectivity index (χ4n) is 4.02. The van der Waals surface area contributed by atoms with Gasteiger partial charge in [0, 0.05) is 25.8 Å². The maximum Gasteiger partial charge on any atom is 0.295 e. The van der Waals surface area contributed by atoms with E-state index in [0.29, 0.717) is 47.2 Å². The number of aliphatic hydroxyl groups excluding tert-OH is 1. The van der Waals surface area contributed by atoms with E-state index in [1.54, 1.807) is 43.5 Å². The minimum absolute atomic E-state index is 0.0371. The first-order chi connectivity index (χ1) is 16.4. The fraction of sp³-hybridized carbons (Fsp3) is 0.360. The van der Waals surface area contributed by atoms with Gasteiger partial charge in [0.25, 0.3) is 11.7 Å². The Labute approximate surface area is 198 Å². The van der Waals surface area contributed by atoms with Gasteiger partial charge in [-0.2, -0.15) is 0 Å². The lowest BCUT2D eigenvalue weighted by molar-refractivity contribution is -0.140. The third-order valence-electron chi connectivity index (χ3n) is 5.63. The number of carbonyl (C=O) groups is 2. The second-order valence-electron chi connectivity index (χ2n) is 7.53. The van der Waals surface area contributed by atoms with E-state index in [-0.39, 0.29) is 17.9 Å². The summed E-state index contributed by atoms with van der Waals surface area (Å²) in [4.78, 5) is 27.7. The second kappa shape index (κ2) is 10.9. The molecule has 1 amide bonds. The van der Waals surface area contributed by atoms with Crippen molar-refractivity contribution >= 4 is 17.4 Å². The van der Waals surface area contributed by atoms with Crippen LogP contribution in [0.15, 0.2) is 42.0 Å². The molecule has 0 bridgehead atoms. The molecule has 0 aliphatic carbocycles. The molecule has 1 aliphatic heterocycles. The summed E-state index contributed by atoms with van der Waals surface area (Å²) in [5.74, 6) is -0.192. The van der Waals surface area contributed by atoms with Crippen molar-refractivity contribution in [2.75, 3.05) is 48.7 Å². The van der Waals surface area contributed by atoms with Crippen molar-refractivity contribution in [2.45, 2.75) is 12.5 Å². The Morgan fingerprint density at radius 2 is 1.62 bits per heavy atom. The second-order valence-corrected chi connectivity index (χ2v) is 7.53. The summed E-state index contributed by atoms with van der Waals surface area (Å²) in [5, 5.41) is 11.2. The molecule has 1 aliphatic rings. The van der Waals surface area contributed by atoms with Crippen molar-refractivity contribution in [3.8, 4) is 23.0 Å². The summed E-state index contributed by atoms with van der Waals surface area (Å²) in [5.41, 5.74) is 0.840. The maximum atomic E-state index is 13.2. The van der Waals surface area contributed by atoms with E-state index in [1.807, 2.05) is 0 Å². The van der Waals surface area contributed by atoms with Crippen molar-refractivity contribution in [1.82, 2.24) is 4.90 Å². The van der Waals surface area contributed by atoms with Crippen molar-refractivity contribution in [3.05, 3.63) is 53.1 Å². The van der Waals surface area contributed by atoms with E-state index in [2.05, 4.69) is 0 Å². The van der Waals surface area contributed by atoms with Crippen LogP contribution in [-0.2, 0) is 14.3 Å². The highest BCUT2D eigenvalue weighted by atomic mass is 16.5. The molecule has 9 heteroatoms. The van der Waals surface area contributed by atoms with Crippen LogP contribution in [0.4, 0.5) is 0 Å².